The Morgan fingerprint density at radius 3 is 2.61 bits per heavy atom. The molecule has 0 radical (unpaired) electrons. The molecular formula is C12H15N3O2S. The first kappa shape index (κ1) is 12.8. The highest BCUT2D eigenvalue weighted by molar-refractivity contribution is 7.80. The van der Waals surface area contributed by atoms with E-state index in [1.54, 1.807) is 12.1 Å². The van der Waals surface area contributed by atoms with E-state index in [0.29, 0.717) is 10.7 Å². The van der Waals surface area contributed by atoms with E-state index in [1.165, 1.54) is 0 Å². The van der Waals surface area contributed by atoms with Crippen LogP contribution in [-0.4, -0.2) is 23.2 Å². The first-order valence-corrected chi connectivity index (χ1v) is 6.13. The van der Waals surface area contributed by atoms with Gasteiger partial charge in [-0.1, -0.05) is 18.2 Å². The van der Waals surface area contributed by atoms with Crippen LogP contribution in [0.25, 0.3) is 0 Å². The van der Waals surface area contributed by atoms with E-state index in [-0.39, 0.29) is 18.1 Å². The lowest BCUT2D eigenvalue weighted by Gasteiger charge is -2.35. The Morgan fingerprint density at radius 1 is 1.33 bits per heavy atom. The summed E-state index contributed by atoms with van der Waals surface area (Å²) < 4.78 is 5.34. The number of thiocarbonyl (C=S) groups is 1. The van der Waals surface area contributed by atoms with Gasteiger partial charge in [-0.25, -0.2) is 10.6 Å². The zero-order valence-corrected chi connectivity index (χ0v) is 10.6. The topological polar surface area (TPSA) is 76.4 Å². The van der Waals surface area contributed by atoms with E-state index in [2.05, 4.69) is 10.7 Å². The molecule has 0 atom stereocenters. The van der Waals surface area contributed by atoms with Crippen molar-refractivity contribution < 1.29 is 9.53 Å². The normalized spacial score (nSPS) is 21.6. The monoisotopic (exact) mass is 265 g/mol. The molecule has 96 valence electrons. The first-order chi connectivity index (χ1) is 8.69. The largest absolute Gasteiger partial charge is 0.459 e. The summed E-state index contributed by atoms with van der Waals surface area (Å²) in [6.45, 7) is 0. The number of nitrogens with two attached hydrogens (primary N) is 1. The minimum atomic E-state index is -0.279. The molecule has 0 amide bonds. The van der Waals surface area contributed by atoms with E-state index >= 15 is 0 Å². The molecule has 1 aliphatic rings. The van der Waals surface area contributed by atoms with E-state index in [4.69, 9.17) is 22.8 Å². The second-order valence-electron chi connectivity index (χ2n) is 4.18. The van der Waals surface area contributed by atoms with Gasteiger partial charge in [-0.2, -0.15) is 0 Å². The summed E-state index contributed by atoms with van der Waals surface area (Å²) in [5.74, 6) is 4.87. The Bertz CT molecular complexity index is 432. The van der Waals surface area contributed by atoms with Crippen LogP contribution in [0.3, 0.4) is 0 Å². The zero-order valence-electron chi connectivity index (χ0n) is 9.76. The summed E-state index contributed by atoms with van der Waals surface area (Å²) in [6, 6.07) is 9.19. The van der Waals surface area contributed by atoms with Gasteiger partial charge in [0, 0.05) is 18.9 Å². The fourth-order valence-electron chi connectivity index (χ4n) is 1.80. The first-order valence-electron chi connectivity index (χ1n) is 5.72. The van der Waals surface area contributed by atoms with Gasteiger partial charge in [-0.15, -0.1) is 0 Å². The number of carbonyl (C=O) groups excluding carboxylic acids is 1. The van der Waals surface area contributed by atoms with Gasteiger partial charge in [0.2, 0.25) is 0 Å². The lowest BCUT2D eigenvalue weighted by Crippen LogP contribution is -2.52. The number of hydrazine groups is 1. The summed E-state index contributed by atoms with van der Waals surface area (Å²) in [4.78, 5) is 11.7. The van der Waals surface area contributed by atoms with Crippen molar-refractivity contribution in [2.24, 2.45) is 5.84 Å². The van der Waals surface area contributed by atoms with Gasteiger partial charge in [0.25, 0.3) is 0 Å². The lowest BCUT2D eigenvalue weighted by molar-refractivity contribution is 0.000730. The number of rotatable bonds is 3. The second-order valence-corrected chi connectivity index (χ2v) is 4.59. The fourth-order valence-corrected chi connectivity index (χ4v) is 1.97. The molecule has 5 nitrogen and oxygen atoms in total. The van der Waals surface area contributed by atoms with Gasteiger partial charge in [0.05, 0.1) is 5.56 Å². The smallest absolute Gasteiger partial charge is 0.338 e. The van der Waals surface area contributed by atoms with Crippen LogP contribution in [0, 0.1) is 0 Å². The molecule has 2 rings (SSSR count). The summed E-state index contributed by atoms with van der Waals surface area (Å²) >= 11 is 4.88. The maximum Gasteiger partial charge on any atom is 0.338 e. The van der Waals surface area contributed by atoms with Crippen molar-refractivity contribution in [3.05, 3.63) is 35.9 Å². The molecule has 0 saturated heterocycles. The zero-order chi connectivity index (χ0) is 13.0. The van der Waals surface area contributed by atoms with Gasteiger partial charge in [0.1, 0.15) is 6.10 Å². The molecule has 0 aliphatic heterocycles. The predicted molar refractivity (Wildman–Crippen MR) is 71.7 cm³/mol. The SMILES string of the molecule is NNC(=S)N[C@H]1C[C@@H](OC(=O)c2ccccc2)C1. The highest BCUT2D eigenvalue weighted by Crippen LogP contribution is 2.24. The van der Waals surface area contributed by atoms with Crippen LogP contribution in [0.1, 0.15) is 23.2 Å². The van der Waals surface area contributed by atoms with Crippen LogP contribution in [0.4, 0.5) is 0 Å². The van der Waals surface area contributed by atoms with Gasteiger partial charge >= 0.3 is 5.97 Å². The molecule has 0 spiro atoms. The standard InChI is InChI=1S/C12H15N3O2S/c13-15-12(18)14-9-6-10(7-9)17-11(16)8-4-2-1-3-5-8/h1-5,9-10H,6-7,13H2,(H2,14,15,18)/t9-,10+. The molecule has 0 heterocycles. The molecular weight excluding hydrogens is 250 g/mol. The van der Waals surface area contributed by atoms with Gasteiger partial charge < -0.3 is 15.5 Å². The molecule has 1 fully saturated rings. The van der Waals surface area contributed by atoms with Crippen LogP contribution < -0.4 is 16.6 Å². The fraction of sp³-hybridized carbons (Fsp3) is 0.333. The maximum atomic E-state index is 11.7. The Morgan fingerprint density at radius 2 is 2.00 bits per heavy atom. The van der Waals surface area contributed by atoms with E-state index in [1.807, 2.05) is 18.2 Å². The van der Waals surface area contributed by atoms with Crippen LogP contribution in [0.5, 0.6) is 0 Å². The van der Waals surface area contributed by atoms with Gasteiger partial charge in [0.15, 0.2) is 5.11 Å². The minimum Gasteiger partial charge on any atom is -0.459 e. The number of benzene rings is 1. The van der Waals surface area contributed by atoms with Gasteiger partial charge in [-0.05, 0) is 24.4 Å². The number of nitrogens with one attached hydrogen (secondary N) is 2. The Hall–Kier alpha value is -1.66. The molecule has 1 aromatic rings. The molecule has 1 aliphatic carbocycles. The van der Waals surface area contributed by atoms with Crippen molar-refractivity contribution in [1.29, 1.82) is 0 Å². The van der Waals surface area contributed by atoms with Crippen molar-refractivity contribution in [2.75, 3.05) is 0 Å². The Balaban J connectivity index is 1.74. The van der Waals surface area contributed by atoms with E-state index < -0.39 is 0 Å². The molecule has 0 unspecified atom stereocenters. The van der Waals surface area contributed by atoms with Crippen molar-refractivity contribution >= 4 is 23.3 Å². The third kappa shape index (κ3) is 3.18. The predicted octanol–water partition coefficient (Wildman–Crippen LogP) is 0.712. The van der Waals surface area contributed by atoms with Crippen LogP contribution in [-0.2, 0) is 4.74 Å². The van der Waals surface area contributed by atoms with Crippen LogP contribution >= 0.6 is 12.2 Å². The molecule has 1 aromatic carbocycles. The molecule has 0 aromatic heterocycles. The third-order valence-electron chi connectivity index (χ3n) is 2.84. The van der Waals surface area contributed by atoms with Crippen molar-refractivity contribution in [3.8, 4) is 0 Å². The number of ether oxygens (including phenoxy) is 1. The molecule has 4 N–H and O–H groups in total. The Labute approximate surface area is 111 Å². The molecule has 1 saturated carbocycles. The quantitative estimate of drug-likeness (QED) is 0.323. The average molecular weight is 265 g/mol. The van der Waals surface area contributed by atoms with E-state index in [0.717, 1.165) is 12.8 Å². The second kappa shape index (κ2) is 5.79. The summed E-state index contributed by atoms with van der Waals surface area (Å²) in [5, 5.41) is 3.42. The third-order valence-corrected chi connectivity index (χ3v) is 3.08. The molecule has 0 bridgehead atoms. The minimum absolute atomic E-state index is 0.0456. The summed E-state index contributed by atoms with van der Waals surface area (Å²) in [7, 11) is 0. The lowest BCUT2D eigenvalue weighted by atomic mass is 9.89. The highest BCUT2D eigenvalue weighted by Gasteiger charge is 2.32. The summed E-state index contributed by atoms with van der Waals surface area (Å²) in [5.41, 5.74) is 2.94. The molecule has 6 heteroatoms. The van der Waals surface area contributed by atoms with Gasteiger partial charge in [-0.3, -0.25) is 0 Å². The number of hydrogen-bond donors (Lipinski definition) is 3. The van der Waals surface area contributed by atoms with Crippen LogP contribution in [0.15, 0.2) is 30.3 Å². The molecule has 18 heavy (non-hydrogen) atoms. The summed E-state index contributed by atoms with van der Waals surface area (Å²) in [6.07, 6.45) is 1.46. The average Bonchev–Trinajstić information content (AvgIpc) is 2.36. The Kier molecular flexibility index (Phi) is 4.11. The number of hydrogen-bond acceptors (Lipinski definition) is 4. The van der Waals surface area contributed by atoms with Crippen molar-refractivity contribution in [1.82, 2.24) is 10.7 Å². The number of carbonyl (C=O) groups is 1. The highest BCUT2D eigenvalue weighted by atomic mass is 32.1. The van der Waals surface area contributed by atoms with Crippen molar-refractivity contribution in [2.45, 2.75) is 25.0 Å². The number of esters is 1. The van der Waals surface area contributed by atoms with Crippen molar-refractivity contribution in [3.63, 3.8) is 0 Å². The van der Waals surface area contributed by atoms with E-state index in [9.17, 15) is 4.79 Å². The maximum absolute atomic E-state index is 11.7. The van der Waals surface area contributed by atoms with Crippen LogP contribution in [0.2, 0.25) is 0 Å².